The largest absolute Gasteiger partial charge is 0.356 e. The van der Waals surface area contributed by atoms with Gasteiger partial charge < -0.3 is 5.32 Å². The van der Waals surface area contributed by atoms with Gasteiger partial charge in [-0.25, -0.2) is 4.68 Å². The first kappa shape index (κ1) is 13.3. The third-order valence-corrected chi connectivity index (χ3v) is 2.85. The Morgan fingerprint density at radius 1 is 1.26 bits per heavy atom. The van der Waals surface area contributed by atoms with Crippen LogP contribution in [0.3, 0.4) is 0 Å². The Kier molecular flexibility index (Phi) is 4.28. The molecule has 1 heterocycles. The summed E-state index contributed by atoms with van der Waals surface area (Å²) in [5.41, 5.74) is 0.779. The Morgan fingerprint density at radius 2 is 2.05 bits per heavy atom. The molecule has 19 heavy (non-hydrogen) atoms. The number of carbonyl (C=O) groups is 2. The highest BCUT2D eigenvalue weighted by molar-refractivity contribution is 5.92. The van der Waals surface area contributed by atoms with Gasteiger partial charge in [0.05, 0.1) is 11.7 Å². The minimum absolute atomic E-state index is 0.0911. The summed E-state index contributed by atoms with van der Waals surface area (Å²) in [6, 6.07) is 7.51. The predicted molar refractivity (Wildman–Crippen MR) is 72.9 cm³/mol. The number of para-hydroxylation sites is 1. The van der Waals surface area contributed by atoms with E-state index in [9.17, 15) is 9.59 Å². The van der Waals surface area contributed by atoms with Crippen molar-refractivity contribution in [1.82, 2.24) is 15.1 Å². The van der Waals surface area contributed by atoms with Crippen molar-refractivity contribution in [3.05, 3.63) is 30.5 Å². The van der Waals surface area contributed by atoms with Crippen LogP contribution < -0.4 is 5.32 Å². The van der Waals surface area contributed by atoms with E-state index in [4.69, 9.17) is 0 Å². The van der Waals surface area contributed by atoms with E-state index in [1.54, 1.807) is 6.20 Å². The first-order valence-electron chi connectivity index (χ1n) is 6.45. The van der Waals surface area contributed by atoms with Gasteiger partial charge >= 0.3 is 0 Å². The highest BCUT2D eigenvalue weighted by atomic mass is 16.2. The van der Waals surface area contributed by atoms with E-state index >= 15 is 0 Å². The number of rotatable bonds is 5. The summed E-state index contributed by atoms with van der Waals surface area (Å²) in [6.45, 7) is 2.64. The average Bonchev–Trinajstić information content (AvgIpc) is 2.86. The summed E-state index contributed by atoms with van der Waals surface area (Å²) >= 11 is 0. The normalized spacial score (nSPS) is 10.6. The quantitative estimate of drug-likeness (QED) is 0.893. The Hall–Kier alpha value is -2.17. The number of benzene rings is 1. The molecule has 0 aliphatic carbocycles. The molecule has 0 saturated carbocycles. The minimum Gasteiger partial charge on any atom is -0.356 e. The summed E-state index contributed by atoms with van der Waals surface area (Å²) in [4.78, 5) is 23.5. The maximum Gasteiger partial charge on any atom is 0.247 e. The Labute approximate surface area is 111 Å². The Balaban J connectivity index is 1.98. The molecule has 0 aliphatic heterocycles. The van der Waals surface area contributed by atoms with Crippen molar-refractivity contribution in [3.8, 4) is 0 Å². The Bertz CT molecular complexity index is 589. The summed E-state index contributed by atoms with van der Waals surface area (Å²) in [6.07, 6.45) is 2.92. The van der Waals surface area contributed by atoms with Crippen molar-refractivity contribution in [2.24, 2.45) is 0 Å². The number of aromatic nitrogens is 2. The molecule has 0 saturated heterocycles. The van der Waals surface area contributed by atoms with E-state index in [0.717, 1.165) is 17.3 Å². The molecule has 2 aromatic rings. The zero-order valence-electron chi connectivity index (χ0n) is 10.9. The highest BCUT2D eigenvalue weighted by Gasteiger charge is 2.11. The lowest BCUT2D eigenvalue weighted by atomic mass is 10.2. The lowest BCUT2D eigenvalue weighted by Crippen LogP contribution is -2.25. The molecular formula is C14H17N3O2. The van der Waals surface area contributed by atoms with Gasteiger partial charge in [-0.3, -0.25) is 9.59 Å². The topological polar surface area (TPSA) is 64.0 Å². The third kappa shape index (κ3) is 3.19. The summed E-state index contributed by atoms with van der Waals surface area (Å²) in [5.74, 6) is -0.250. The average molecular weight is 259 g/mol. The minimum atomic E-state index is -0.159. The van der Waals surface area contributed by atoms with Crippen molar-refractivity contribution in [3.63, 3.8) is 0 Å². The van der Waals surface area contributed by atoms with Gasteiger partial charge in [0.1, 0.15) is 0 Å². The molecule has 0 aliphatic rings. The number of amides is 1. The van der Waals surface area contributed by atoms with Gasteiger partial charge in [0.2, 0.25) is 11.8 Å². The monoisotopic (exact) mass is 259 g/mol. The number of nitrogens with one attached hydrogen (secondary N) is 1. The SMILES string of the molecule is CCCNC(=O)CCC(=O)n1ncc2ccccc21. The van der Waals surface area contributed by atoms with Crippen LogP contribution >= 0.6 is 0 Å². The maximum atomic E-state index is 12.0. The third-order valence-electron chi connectivity index (χ3n) is 2.85. The standard InChI is InChI=1S/C14H17N3O2/c1-2-9-15-13(18)7-8-14(19)17-12-6-4-3-5-11(12)10-16-17/h3-6,10H,2,7-9H2,1H3,(H,15,18). The number of fused-ring (bicyclic) bond motifs is 1. The molecule has 0 bridgehead atoms. The van der Waals surface area contributed by atoms with E-state index in [1.807, 2.05) is 31.2 Å². The predicted octanol–water partition coefficient (Wildman–Crippen LogP) is 1.98. The van der Waals surface area contributed by atoms with Crippen LogP contribution in [0.5, 0.6) is 0 Å². The fraction of sp³-hybridized carbons (Fsp3) is 0.357. The molecule has 1 aromatic carbocycles. The van der Waals surface area contributed by atoms with E-state index < -0.39 is 0 Å². The van der Waals surface area contributed by atoms with Gasteiger partial charge in [-0.2, -0.15) is 5.10 Å². The van der Waals surface area contributed by atoms with Crippen molar-refractivity contribution in [2.45, 2.75) is 26.2 Å². The van der Waals surface area contributed by atoms with Crippen LogP contribution in [0.25, 0.3) is 10.9 Å². The molecule has 100 valence electrons. The van der Waals surface area contributed by atoms with Gasteiger partial charge in [0, 0.05) is 24.8 Å². The molecule has 0 atom stereocenters. The smallest absolute Gasteiger partial charge is 0.247 e. The van der Waals surface area contributed by atoms with Crippen molar-refractivity contribution >= 4 is 22.7 Å². The molecule has 1 amide bonds. The first-order valence-corrected chi connectivity index (χ1v) is 6.45. The maximum absolute atomic E-state index is 12.0. The van der Waals surface area contributed by atoms with Crippen LogP contribution in [0.1, 0.15) is 31.0 Å². The van der Waals surface area contributed by atoms with Crippen molar-refractivity contribution in [1.29, 1.82) is 0 Å². The van der Waals surface area contributed by atoms with Gasteiger partial charge in [-0.15, -0.1) is 0 Å². The molecule has 0 spiro atoms. The number of nitrogens with zero attached hydrogens (tertiary/aromatic N) is 2. The Morgan fingerprint density at radius 3 is 2.84 bits per heavy atom. The second-order valence-electron chi connectivity index (χ2n) is 4.36. The molecule has 1 N–H and O–H groups in total. The van der Waals surface area contributed by atoms with Crippen LogP contribution in [0.15, 0.2) is 30.5 Å². The molecule has 2 rings (SSSR count). The fourth-order valence-corrected chi connectivity index (χ4v) is 1.85. The van der Waals surface area contributed by atoms with E-state index in [0.29, 0.717) is 6.54 Å². The molecule has 1 aromatic heterocycles. The van der Waals surface area contributed by atoms with Gasteiger partial charge in [0.25, 0.3) is 0 Å². The van der Waals surface area contributed by atoms with Crippen LogP contribution in [0, 0.1) is 0 Å². The summed E-state index contributed by atoms with van der Waals surface area (Å²) < 4.78 is 1.36. The van der Waals surface area contributed by atoms with E-state index in [1.165, 1.54) is 4.68 Å². The van der Waals surface area contributed by atoms with Gasteiger partial charge in [-0.05, 0) is 12.5 Å². The zero-order chi connectivity index (χ0) is 13.7. The molecule has 5 heteroatoms. The number of carbonyl (C=O) groups excluding carboxylic acids is 2. The molecule has 5 nitrogen and oxygen atoms in total. The van der Waals surface area contributed by atoms with E-state index in [2.05, 4.69) is 10.4 Å². The molecular weight excluding hydrogens is 242 g/mol. The molecule has 0 unspecified atom stereocenters. The molecule has 0 radical (unpaired) electrons. The van der Waals surface area contributed by atoms with Crippen LogP contribution in [-0.4, -0.2) is 28.1 Å². The summed E-state index contributed by atoms with van der Waals surface area (Å²) in [7, 11) is 0. The van der Waals surface area contributed by atoms with Gasteiger partial charge in [-0.1, -0.05) is 25.1 Å². The first-order chi connectivity index (χ1) is 9.22. The summed E-state index contributed by atoms with van der Waals surface area (Å²) in [5, 5.41) is 7.74. The fourth-order valence-electron chi connectivity index (χ4n) is 1.85. The zero-order valence-corrected chi connectivity index (χ0v) is 10.9. The van der Waals surface area contributed by atoms with Crippen LogP contribution in [-0.2, 0) is 4.79 Å². The number of hydrogen-bond donors (Lipinski definition) is 1. The highest BCUT2D eigenvalue weighted by Crippen LogP contribution is 2.13. The second-order valence-corrected chi connectivity index (χ2v) is 4.36. The van der Waals surface area contributed by atoms with Crippen LogP contribution in [0.2, 0.25) is 0 Å². The van der Waals surface area contributed by atoms with Gasteiger partial charge in [0.15, 0.2) is 0 Å². The second kappa shape index (κ2) is 6.13. The lowest BCUT2D eigenvalue weighted by molar-refractivity contribution is -0.121. The lowest BCUT2D eigenvalue weighted by Gasteiger charge is -2.04. The van der Waals surface area contributed by atoms with Crippen LogP contribution in [0.4, 0.5) is 0 Å². The van der Waals surface area contributed by atoms with Crippen molar-refractivity contribution < 1.29 is 9.59 Å². The van der Waals surface area contributed by atoms with Crippen molar-refractivity contribution in [2.75, 3.05) is 6.54 Å². The van der Waals surface area contributed by atoms with E-state index in [-0.39, 0.29) is 24.7 Å². The molecule has 0 fully saturated rings. The number of hydrogen-bond acceptors (Lipinski definition) is 3.